The summed E-state index contributed by atoms with van der Waals surface area (Å²) in [4.78, 5) is 11.4. The minimum Gasteiger partial charge on any atom is -0.595 e. The number of amides is 1. The second-order valence-corrected chi connectivity index (χ2v) is 6.86. The van der Waals surface area contributed by atoms with Crippen molar-refractivity contribution in [2.45, 2.75) is 47.6 Å². The number of rotatable bonds is 9. The fourth-order valence-electron chi connectivity index (χ4n) is 2.25. The maximum Gasteiger partial charge on any atom is 0.460 e. The smallest absolute Gasteiger partial charge is 0.460 e. The van der Waals surface area contributed by atoms with Crippen LogP contribution < -0.4 is 10.5 Å². The summed E-state index contributed by atoms with van der Waals surface area (Å²) < 4.78 is 224. The van der Waals surface area contributed by atoms with Crippen molar-refractivity contribution in [2.24, 2.45) is 0 Å². The lowest BCUT2D eigenvalue weighted by Crippen LogP contribution is -2.99. The number of hydrogen-bond donors (Lipinski definition) is 3. The van der Waals surface area contributed by atoms with Gasteiger partial charge in [0.2, 0.25) is 0 Å². The van der Waals surface area contributed by atoms with Crippen LogP contribution in [0.5, 0.6) is 0 Å². The number of hydrogen-bond acceptors (Lipinski definition) is 3. The van der Waals surface area contributed by atoms with Crippen molar-refractivity contribution in [2.75, 3.05) is 5.32 Å². The molecule has 1 rings (SSSR count). The van der Waals surface area contributed by atoms with Gasteiger partial charge >= 0.3 is 53.5 Å². The van der Waals surface area contributed by atoms with E-state index in [-0.39, 0.29) is 6.07 Å². The van der Waals surface area contributed by atoms with Gasteiger partial charge in [-0.3, -0.25) is 4.79 Å². The second-order valence-electron chi connectivity index (χ2n) is 6.86. The normalized spacial score (nSPS) is 16.0. The van der Waals surface area contributed by atoms with Crippen molar-refractivity contribution < 1.29 is 89.9 Å². The number of carbonyl (C=O) groups is 1. The van der Waals surface area contributed by atoms with Crippen molar-refractivity contribution in [3.63, 3.8) is 0 Å². The lowest BCUT2D eigenvalue weighted by Gasteiger charge is -2.42. The Morgan fingerprint density at radius 3 is 1.43 bits per heavy atom. The molecule has 3 N–H and O–H groups in total. The molecule has 0 fully saturated rings. The van der Waals surface area contributed by atoms with Crippen LogP contribution in [0.4, 0.5) is 86.0 Å². The standard InChI is InChI=1S/C15H7F17N2O3/c16-8(17,7(35)33-5-2-1-3-6(4-5)34(36)37)9(18,19)10(20,21)11(22,23)12(24,25)13(26,27)14(28,29)15(30,31)32/h1-4,34,36H,(H,33,35). The summed E-state index contributed by atoms with van der Waals surface area (Å²) in [7, 11) is 0. The molecular formula is C15H7F17N2O3. The SMILES string of the molecule is O=C(Nc1cccc([NH+]([O-])O)c1)C(F)(F)C(F)(F)C(F)(F)C(F)(F)C(F)(F)C(F)(F)C(F)(F)C(F)(F)F. The van der Waals surface area contributed by atoms with Crippen molar-refractivity contribution in [3.8, 4) is 0 Å². The Morgan fingerprint density at radius 1 is 0.676 bits per heavy atom. The molecule has 1 aromatic rings. The summed E-state index contributed by atoms with van der Waals surface area (Å²) in [5, 5.41) is 18.1. The molecule has 0 radical (unpaired) electrons. The molecule has 5 nitrogen and oxygen atoms in total. The second kappa shape index (κ2) is 8.99. The third-order valence-corrected chi connectivity index (χ3v) is 4.37. The van der Waals surface area contributed by atoms with E-state index in [1.165, 1.54) is 0 Å². The number of benzene rings is 1. The molecule has 0 saturated carbocycles. The van der Waals surface area contributed by atoms with Crippen LogP contribution in [0.3, 0.4) is 0 Å². The first-order valence-electron chi connectivity index (χ1n) is 8.42. The van der Waals surface area contributed by atoms with E-state index in [0.717, 1.165) is 0 Å². The van der Waals surface area contributed by atoms with Gasteiger partial charge in [-0.1, -0.05) is 6.07 Å². The summed E-state index contributed by atoms with van der Waals surface area (Å²) in [6.07, 6.45) is -7.87. The van der Waals surface area contributed by atoms with Gasteiger partial charge in [0.15, 0.2) is 5.69 Å². The number of nitrogens with one attached hydrogen (secondary N) is 2. The number of alkyl halides is 17. The zero-order valence-electron chi connectivity index (χ0n) is 16.5. The van der Waals surface area contributed by atoms with Crippen LogP contribution in [-0.4, -0.2) is 58.7 Å². The predicted octanol–water partition coefficient (Wildman–Crippen LogP) is 5.04. The van der Waals surface area contributed by atoms with Crippen LogP contribution in [0.2, 0.25) is 0 Å². The minimum atomic E-state index is -8.81. The van der Waals surface area contributed by atoms with Crippen LogP contribution in [0.25, 0.3) is 0 Å². The van der Waals surface area contributed by atoms with E-state index in [9.17, 15) is 84.6 Å². The molecule has 0 aromatic heterocycles. The van der Waals surface area contributed by atoms with Gasteiger partial charge in [0.25, 0.3) is 0 Å². The lowest BCUT2D eigenvalue weighted by molar-refractivity contribution is -0.991. The highest BCUT2D eigenvalue weighted by atomic mass is 19.4. The van der Waals surface area contributed by atoms with Gasteiger partial charge in [0.05, 0.1) is 0 Å². The van der Waals surface area contributed by atoms with Gasteiger partial charge in [-0.2, -0.15) is 79.9 Å². The highest BCUT2D eigenvalue weighted by Crippen LogP contribution is 2.64. The van der Waals surface area contributed by atoms with E-state index in [2.05, 4.69) is 0 Å². The molecule has 0 bridgehead atoms. The zero-order valence-corrected chi connectivity index (χ0v) is 16.5. The lowest BCUT2D eigenvalue weighted by atomic mass is 9.89. The number of quaternary nitrogens is 1. The summed E-state index contributed by atoms with van der Waals surface area (Å²) in [5.74, 6) is -62.5. The van der Waals surface area contributed by atoms with E-state index in [4.69, 9.17) is 5.21 Å². The first kappa shape index (κ1) is 32.4. The summed E-state index contributed by atoms with van der Waals surface area (Å²) in [6.45, 7) is 0. The summed E-state index contributed by atoms with van der Waals surface area (Å²) in [5.41, 5.74) is -2.13. The Balaban J connectivity index is 3.57. The molecule has 214 valence electrons. The van der Waals surface area contributed by atoms with Crippen LogP contribution in [0.15, 0.2) is 24.3 Å². The Kier molecular flexibility index (Phi) is 7.88. The first-order valence-corrected chi connectivity index (χ1v) is 8.42. The number of anilines is 1. The Hall–Kier alpha value is -2.62. The van der Waals surface area contributed by atoms with E-state index in [1.807, 2.05) is 0 Å². The van der Waals surface area contributed by atoms with Crippen LogP contribution in [0.1, 0.15) is 0 Å². The molecule has 0 aliphatic heterocycles. The minimum absolute atomic E-state index is 0.190. The van der Waals surface area contributed by atoms with Gasteiger partial charge in [0, 0.05) is 17.8 Å². The molecule has 0 heterocycles. The molecular weight excluding hydrogens is 579 g/mol. The average Bonchev–Trinajstić information content (AvgIpc) is 2.72. The third kappa shape index (κ3) is 4.62. The van der Waals surface area contributed by atoms with E-state index >= 15 is 0 Å². The van der Waals surface area contributed by atoms with E-state index in [1.54, 1.807) is 0 Å². The van der Waals surface area contributed by atoms with Crippen molar-refractivity contribution in [3.05, 3.63) is 29.5 Å². The van der Waals surface area contributed by atoms with Gasteiger partial charge in [0.1, 0.15) is 0 Å². The van der Waals surface area contributed by atoms with Gasteiger partial charge in [-0.25, -0.2) is 5.21 Å². The molecule has 0 spiro atoms. The monoisotopic (exact) mass is 586 g/mol. The fourth-order valence-corrected chi connectivity index (χ4v) is 2.25. The van der Waals surface area contributed by atoms with E-state index < -0.39 is 70.1 Å². The van der Waals surface area contributed by atoms with E-state index in [0.29, 0.717) is 23.5 Å². The van der Waals surface area contributed by atoms with Gasteiger partial charge < -0.3 is 10.5 Å². The average molecular weight is 586 g/mol. The topological polar surface area (TPSA) is 76.8 Å². The largest absolute Gasteiger partial charge is 0.595 e. The number of carbonyl (C=O) groups excluding carboxylic acids is 1. The predicted molar refractivity (Wildman–Crippen MR) is 81.5 cm³/mol. The third-order valence-electron chi connectivity index (χ3n) is 4.37. The van der Waals surface area contributed by atoms with Crippen LogP contribution >= 0.6 is 0 Å². The maximum atomic E-state index is 13.8. The Labute approximate surface area is 190 Å². The van der Waals surface area contributed by atoms with Crippen molar-refractivity contribution in [1.29, 1.82) is 0 Å². The molecule has 0 saturated heterocycles. The molecule has 37 heavy (non-hydrogen) atoms. The highest BCUT2D eigenvalue weighted by molar-refractivity contribution is 5.97. The molecule has 1 aromatic carbocycles. The summed E-state index contributed by atoms with van der Waals surface area (Å²) >= 11 is 0. The van der Waals surface area contributed by atoms with Crippen molar-refractivity contribution in [1.82, 2.24) is 0 Å². The fraction of sp³-hybridized carbons (Fsp3) is 0.533. The van der Waals surface area contributed by atoms with Crippen molar-refractivity contribution >= 4 is 17.3 Å². The van der Waals surface area contributed by atoms with Crippen LogP contribution in [-0.2, 0) is 4.79 Å². The number of halogens is 17. The zero-order chi connectivity index (χ0) is 29.8. The first-order chi connectivity index (χ1) is 16.1. The van der Waals surface area contributed by atoms with Crippen LogP contribution in [0, 0.1) is 5.21 Å². The maximum absolute atomic E-state index is 13.8. The summed E-state index contributed by atoms with van der Waals surface area (Å²) in [6, 6.07) is 1.90. The Morgan fingerprint density at radius 2 is 1.05 bits per heavy atom. The molecule has 1 amide bonds. The molecule has 1 unspecified atom stereocenters. The highest BCUT2D eigenvalue weighted by Gasteiger charge is 2.95. The molecule has 0 aliphatic rings. The quantitative estimate of drug-likeness (QED) is 0.281. The Bertz CT molecular complexity index is 1010. The molecule has 22 heteroatoms. The molecule has 1 atom stereocenters. The van der Waals surface area contributed by atoms with Gasteiger partial charge in [-0.05, 0) is 6.07 Å². The molecule has 0 aliphatic carbocycles. The van der Waals surface area contributed by atoms with Gasteiger partial charge in [-0.15, -0.1) is 0 Å².